The number of benzene rings is 3. The van der Waals surface area contributed by atoms with E-state index in [2.05, 4.69) is 46.1 Å². The van der Waals surface area contributed by atoms with Crippen molar-refractivity contribution in [2.45, 2.75) is 39.2 Å². The van der Waals surface area contributed by atoms with Gasteiger partial charge in [-0.05, 0) is 77.1 Å². The molecule has 40 heavy (non-hydrogen) atoms. The summed E-state index contributed by atoms with van der Waals surface area (Å²) >= 11 is 0. The first-order valence-corrected chi connectivity index (χ1v) is 13.3. The minimum atomic E-state index is -1.03. The first-order chi connectivity index (χ1) is 19.3. The van der Waals surface area contributed by atoms with E-state index < -0.39 is 17.9 Å². The number of aliphatic carboxylic acids is 1. The fourth-order valence-corrected chi connectivity index (χ4v) is 4.68. The van der Waals surface area contributed by atoms with E-state index >= 15 is 0 Å². The molecule has 0 unspecified atom stereocenters. The highest BCUT2D eigenvalue weighted by molar-refractivity contribution is 5.98. The normalized spacial score (nSPS) is 11.6. The second-order valence-corrected chi connectivity index (χ2v) is 9.84. The second-order valence-electron chi connectivity index (χ2n) is 9.84. The number of carbonyl (C=O) groups is 3. The molecular formula is C32H34N4O4. The maximum Gasteiger partial charge on any atom is 0.305 e. The van der Waals surface area contributed by atoms with Crippen molar-refractivity contribution in [1.29, 1.82) is 0 Å². The maximum absolute atomic E-state index is 12.7. The van der Waals surface area contributed by atoms with E-state index in [1.54, 1.807) is 6.20 Å². The number of hydrogen-bond donors (Lipinski definition) is 4. The van der Waals surface area contributed by atoms with Gasteiger partial charge in [-0.3, -0.25) is 14.4 Å². The second kappa shape index (κ2) is 13.4. The maximum atomic E-state index is 12.7. The summed E-state index contributed by atoms with van der Waals surface area (Å²) in [5.41, 5.74) is 4.91. The third-order valence-electron chi connectivity index (χ3n) is 6.70. The number of hydrogen-bond acceptors (Lipinski definition) is 5. The highest BCUT2D eigenvalue weighted by Gasteiger charge is 2.19. The Kier molecular flexibility index (Phi) is 9.46. The van der Waals surface area contributed by atoms with Crippen LogP contribution in [-0.2, 0) is 14.4 Å². The topological polar surface area (TPSA) is 120 Å². The Morgan fingerprint density at radius 2 is 1.68 bits per heavy atom. The monoisotopic (exact) mass is 538 g/mol. The van der Waals surface area contributed by atoms with Crippen LogP contribution in [0, 0.1) is 13.8 Å². The molecule has 4 rings (SSSR count). The number of amides is 2. The molecule has 206 valence electrons. The van der Waals surface area contributed by atoms with Crippen molar-refractivity contribution in [3.63, 3.8) is 0 Å². The van der Waals surface area contributed by atoms with Gasteiger partial charge in [-0.25, -0.2) is 4.98 Å². The lowest BCUT2D eigenvalue weighted by Crippen LogP contribution is -2.39. The van der Waals surface area contributed by atoms with Crippen molar-refractivity contribution >= 4 is 34.4 Å². The van der Waals surface area contributed by atoms with Crippen molar-refractivity contribution < 1.29 is 19.5 Å². The number of aryl methyl sites for hydroxylation is 2. The number of anilines is 1. The number of nitrogens with zero attached hydrogens (tertiary/aromatic N) is 1. The highest BCUT2D eigenvalue weighted by atomic mass is 16.4. The van der Waals surface area contributed by atoms with Gasteiger partial charge in [-0.1, -0.05) is 54.6 Å². The van der Waals surface area contributed by atoms with Gasteiger partial charge in [0, 0.05) is 19.2 Å². The van der Waals surface area contributed by atoms with Gasteiger partial charge >= 0.3 is 5.97 Å². The molecule has 0 fully saturated rings. The van der Waals surface area contributed by atoms with Crippen molar-refractivity contribution in [2.75, 3.05) is 18.4 Å². The molecule has 1 aromatic heterocycles. The number of fused-ring (bicyclic) bond motifs is 1. The van der Waals surface area contributed by atoms with Crippen LogP contribution in [0.1, 0.15) is 42.0 Å². The average molecular weight is 539 g/mol. The van der Waals surface area contributed by atoms with E-state index in [0.717, 1.165) is 33.3 Å². The number of nitrogens with one attached hydrogen (secondary N) is 3. The van der Waals surface area contributed by atoms with E-state index in [0.29, 0.717) is 18.5 Å². The molecule has 0 saturated heterocycles. The van der Waals surface area contributed by atoms with Crippen molar-refractivity contribution in [3.05, 3.63) is 95.7 Å². The highest BCUT2D eigenvalue weighted by Crippen LogP contribution is 2.32. The van der Waals surface area contributed by atoms with Crippen LogP contribution in [0.4, 0.5) is 5.82 Å². The number of carboxylic acids is 1. The van der Waals surface area contributed by atoms with Gasteiger partial charge in [-0.15, -0.1) is 0 Å². The molecule has 1 atom stereocenters. The molecule has 4 N–H and O–H groups in total. The minimum Gasteiger partial charge on any atom is -0.481 e. The van der Waals surface area contributed by atoms with Crippen molar-refractivity contribution in [1.82, 2.24) is 15.6 Å². The predicted octanol–water partition coefficient (Wildman–Crippen LogP) is 5.16. The van der Waals surface area contributed by atoms with Gasteiger partial charge in [0.2, 0.25) is 11.8 Å². The molecule has 0 aliphatic rings. The fourth-order valence-electron chi connectivity index (χ4n) is 4.68. The first kappa shape index (κ1) is 28.3. The van der Waals surface area contributed by atoms with Gasteiger partial charge in [0.25, 0.3) is 0 Å². The van der Waals surface area contributed by atoms with Crippen LogP contribution < -0.4 is 16.0 Å². The summed E-state index contributed by atoms with van der Waals surface area (Å²) < 4.78 is 0. The van der Waals surface area contributed by atoms with E-state index in [4.69, 9.17) is 0 Å². The van der Waals surface area contributed by atoms with Crippen LogP contribution >= 0.6 is 0 Å². The lowest BCUT2D eigenvalue weighted by atomic mass is 9.93. The molecule has 0 spiro atoms. The van der Waals surface area contributed by atoms with Crippen molar-refractivity contribution in [3.8, 4) is 11.1 Å². The molecule has 3 aromatic carbocycles. The van der Waals surface area contributed by atoms with Crippen LogP contribution in [0.5, 0.6) is 0 Å². The summed E-state index contributed by atoms with van der Waals surface area (Å²) in [6, 6.07) is 22.9. The summed E-state index contributed by atoms with van der Waals surface area (Å²) in [6.07, 6.45) is 2.26. The van der Waals surface area contributed by atoms with E-state index in [1.165, 1.54) is 5.56 Å². The molecule has 8 nitrogen and oxygen atoms in total. The third-order valence-corrected chi connectivity index (χ3v) is 6.70. The molecule has 8 heteroatoms. The molecule has 2 amide bonds. The number of aromatic nitrogens is 1. The number of carboxylic acid groups (broad SMARTS) is 1. The lowest BCUT2D eigenvalue weighted by molar-refractivity contribution is -0.138. The van der Waals surface area contributed by atoms with Crippen LogP contribution in [0.3, 0.4) is 0 Å². The Balaban J connectivity index is 1.36. The van der Waals surface area contributed by atoms with Crippen LogP contribution in [0.15, 0.2) is 79.0 Å². The molecule has 0 radical (unpaired) electrons. The Morgan fingerprint density at radius 3 is 2.48 bits per heavy atom. The summed E-state index contributed by atoms with van der Waals surface area (Å²) in [4.78, 5) is 40.8. The molecule has 0 saturated carbocycles. The van der Waals surface area contributed by atoms with Gasteiger partial charge in [0.15, 0.2) is 0 Å². The zero-order valence-electron chi connectivity index (χ0n) is 22.7. The lowest BCUT2D eigenvalue weighted by Gasteiger charge is -2.19. The Hall–Kier alpha value is -4.72. The van der Waals surface area contributed by atoms with Crippen LogP contribution in [0.25, 0.3) is 21.9 Å². The molecule has 4 aromatic rings. The summed E-state index contributed by atoms with van der Waals surface area (Å²) in [5, 5.41) is 20.4. The zero-order valence-corrected chi connectivity index (χ0v) is 22.7. The largest absolute Gasteiger partial charge is 0.481 e. The number of pyridine rings is 1. The number of rotatable bonds is 12. The summed E-state index contributed by atoms with van der Waals surface area (Å²) in [7, 11) is 0. The quantitative estimate of drug-likeness (QED) is 0.185. The SMILES string of the molecule is Cc1ccnc(NCCCC(=O)NCC(=O)N[C@@H](CC(=O)O)c2cccc(-c3cccc4c(C)cccc34)c2)c1. The van der Waals surface area contributed by atoms with E-state index in [9.17, 15) is 19.5 Å². The minimum absolute atomic E-state index is 0.232. The van der Waals surface area contributed by atoms with Gasteiger partial charge in [0.05, 0.1) is 19.0 Å². The fraction of sp³-hybridized carbons (Fsp3) is 0.250. The smallest absolute Gasteiger partial charge is 0.305 e. The summed E-state index contributed by atoms with van der Waals surface area (Å²) in [5.74, 6) is -0.981. The van der Waals surface area contributed by atoms with Crippen molar-refractivity contribution in [2.24, 2.45) is 0 Å². The molecule has 0 bridgehead atoms. The molecule has 0 aliphatic heterocycles. The number of carbonyl (C=O) groups excluding carboxylic acids is 2. The van der Waals surface area contributed by atoms with Gasteiger partial charge < -0.3 is 21.1 Å². The molecule has 0 aliphatic carbocycles. The Bertz CT molecular complexity index is 1520. The first-order valence-electron chi connectivity index (χ1n) is 13.3. The van der Waals surface area contributed by atoms with Gasteiger partial charge in [0.1, 0.15) is 5.82 Å². The Morgan fingerprint density at radius 1 is 0.900 bits per heavy atom. The predicted molar refractivity (Wildman–Crippen MR) is 157 cm³/mol. The van der Waals surface area contributed by atoms with Crippen LogP contribution in [-0.4, -0.2) is 41.0 Å². The summed E-state index contributed by atoms with van der Waals surface area (Å²) in [6.45, 7) is 4.39. The Labute approximate surface area is 233 Å². The zero-order chi connectivity index (χ0) is 28.5. The van der Waals surface area contributed by atoms with Gasteiger partial charge in [-0.2, -0.15) is 0 Å². The average Bonchev–Trinajstić information content (AvgIpc) is 2.94. The van der Waals surface area contributed by atoms with E-state index in [1.807, 2.05) is 61.5 Å². The standard InChI is InChI=1S/C32H34N4O4/c1-21-14-16-34-29(17-21)33-15-6-13-30(37)35-20-31(38)36-28(19-32(39)40)24-9-4-8-23(18-24)26-11-5-10-25-22(2)7-3-12-27(25)26/h3-5,7-12,14,16-18,28H,6,13,15,19-20H2,1-2H3,(H,33,34)(H,35,37)(H,36,38)(H,39,40)/t28-/m0/s1. The molecule has 1 heterocycles. The van der Waals surface area contributed by atoms with Crippen LogP contribution in [0.2, 0.25) is 0 Å². The molecular weight excluding hydrogens is 504 g/mol. The van der Waals surface area contributed by atoms with E-state index in [-0.39, 0.29) is 25.3 Å². The third kappa shape index (κ3) is 7.66.